The highest BCUT2D eigenvalue weighted by Gasteiger charge is 2.32. The summed E-state index contributed by atoms with van der Waals surface area (Å²) in [5, 5.41) is 9.37. The molecule has 0 aromatic heterocycles. The molecule has 6 nitrogen and oxygen atoms in total. The first kappa shape index (κ1) is 21.9. The lowest BCUT2D eigenvalue weighted by Crippen LogP contribution is -2.47. The Morgan fingerprint density at radius 1 is 0.964 bits per heavy atom. The molecule has 2 aromatic rings. The Morgan fingerprint density at radius 3 is 1.86 bits per heavy atom. The van der Waals surface area contributed by atoms with E-state index < -0.39 is 27.6 Å². The van der Waals surface area contributed by atoms with Crippen LogP contribution in [0.25, 0.3) is 11.1 Å². The van der Waals surface area contributed by atoms with Crippen LogP contribution in [-0.2, 0) is 19.6 Å². The van der Waals surface area contributed by atoms with Crippen LogP contribution in [-0.4, -0.2) is 31.1 Å². The molecule has 0 heterocycles. The van der Waals surface area contributed by atoms with E-state index in [9.17, 15) is 18.3 Å². The molecule has 0 radical (unpaired) electrons. The van der Waals surface area contributed by atoms with Crippen LogP contribution in [0.3, 0.4) is 0 Å². The summed E-state index contributed by atoms with van der Waals surface area (Å²) in [7, 11) is -3.90. The van der Waals surface area contributed by atoms with Crippen molar-refractivity contribution < 1.29 is 23.1 Å². The average molecular weight is 406 g/mol. The zero-order valence-electron chi connectivity index (χ0n) is 16.8. The van der Waals surface area contributed by atoms with Gasteiger partial charge < -0.3 is 9.84 Å². The second-order valence-corrected chi connectivity index (χ2v) is 9.66. The molecule has 2 aromatic carbocycles. The fraction of sp³-hybridized carbons (Fsp3) is 0.381. The number of hydrogen-bond acceptors (Lipinski definition) is 5. The molecule has 0 aliphatic heterocycles. The summed E-state index contributed by atoms with van der Waals surface area (Å²) in [6, 6.07) is 12.0. The molecule has 0 fully saturated rings. The van der Waals surface area contributed by atoms with E-state index in [4.69, 9.17) is 4.74 Å². The number of carbonyl (C=O) groups is 1. The third-order valence-corrected chi connectivity index (χ3v) is 5.43. The smallest absolute Gasteiger partial charge is 0.324 e. The molecule has 0 aliphatic rings. The van der Waals surface area contributed by atoms with Crippen molar-refractivity contribution in [3.05, 3.63) is 48.5 Å². The Labute approximate surface area is 166 Å². The maximum Gasteiger partial charge on any atom is 0.324 e. The average Bonchev–Trinajstić information content (AvgIpc) is 2.59. The van der Waals surface area contributed by atoms with Crippen molar-refractivity contribution in [2.75, 3.05) is 0 Å². The van der Waals surface area contributed by atoms with Crippen molar-refractivity contribution in [1.82, 2.24) is 4.72 Å². The minimum atomic E-state index is -3.90. The number of rotatable bonds is 6. The molecule has 0 spiro atoms. The van der Waals surface area contributed by atoms with Gasteiger partial charge in [-0.3, -0.25) is 4.79 Å². The quantitative estimate of drug-likeness (QED) is 0.715. The zero-order valence-corrected chi connectivity index (χ0v) is 17.6. The van der Waals surface area contributed by atoms with Crippen LogP contribution in [0.1, 0.15) is 34.6 Å². The van der Waals surface area contributed by atoms with E-state index in [1.54, 1.807) is 71.0 Å². The Hall–Kier alpha value is -2.38. The van der Waals surface area contributed by atoms with E-state index in [0.717, 1.165) is 11.1 Å². The summed E-state index contributed by atoms with van der Waals surface area (Å²) in [6.07, 6.45) is 0. The van der Waals surface area contributed by atoms with Gasteiger partial charge in [-0.05, 0) is 62.1 Å². The van der Waals surface area contributed by atoms with E-state index in [1.807, 2.05) is 0 Å². The third kappa shape index (κ3) is 5.81. The van der Waals surface area contributed by atoms with E-state index in [-0.39, 0.29) is 16.6 Å². The Bertz CT molecular complexity index is 911. The van der Waals surface area contributed by atoms with Gasteiger partial charge in [-0.1, -0.05) is 38.1 Å². The van der Waals surface area contributed by atoms with Gasteiger partial charge in [-0.2, -0.15) is 4.72 Å². The van der Waals surface area contributed by atoms with E-state index in [2.05, 4.69) is 4.72 Å². The van der Waals surface area contributed by atoms with E-state index in [1.165, 1.54) is 12.1 Å². The number of hydrogen-bond donors (Lipinski definition) is 2. The van der Waals surface area contributed by atoms with Crippen molar-refractivity contribution in [2.24, 2.45) is 5.92 Å². The van der Waals surface area contributed by atoms with Crippen molar-refractivity contribution in [1.29, 1.82) is 0 Å². The van der Waals surface area contributed by atoms with E-state index >= 15 is 0 Å². The van der Waals surface area contributed by atoms with Gasteiger partial charge in [-0.25, -0.2) is 8.42 Å². The van der Waals surface area contributed by atoms with Crippen molar-refractivity contribution in [2.45, 2.75) is 51.2 Å². The molecule has 28 heavy (non-hydrogen) atoms. The predicted molar refractivity (Wildman–Crippen MR) is 108 cm³/mol. The fourth-order valence-corrected chi connectivity index (χ4v) is 3.87. The minimum absolute atomic E-state index is 0.0595. The highest BCUT2D eigenvalue weighted by molar-refractivity contribution is 7.89. The molecule has 0 aliphatic carbocycles. The summed E-state index contributed by atoms with van der Waals surface area (Å²) in [5.74, 6) is -0.721. The van der Waals surface area contributed by atoms with Gasteiger partial charge >= 0.3 is 5.97 Å². The van der Waals surface area contributed by atoms with Crippen LogP contribution in [0, 0.1) is 5.92 Å². The minimum Gasteiger partial charge on any atom is -0.508 e. The van der Waals surface area contributed by atoms with Crippen molar-refractivity contribution >= 4 is 16.0 Å². The molecule has 0 amide bonds. The summed E-state index contributed by atoms with van der Waals surface area (Å²) >= 11 is 0. The molecule has 2 rings (SSSR count). The topological polar surface area (TPSA) is 92.7 Å². The number of ether oxygens (including phenoxy) is 1. The van der Waals surface area contributed by atoms with Gasteiger partial charge in [0.1, 0.15) is 17.4 Å². The predicted octanol–water partition coefficient (Wildman–Crippen LogP) is 3.70. The molecule has 7 heteroatoms. The molecule has 0 unspecified atom stereocenters. The zero-order chi connectivity index (χ0) is 21.1. The molecule has 2 N–H and O–H groups in total. The molecule has 1 atom stereocenters. The molecule has 0 saturated carbocycles. The maximum absolute atomic E-state index is 12.8. The summed E-state index contributed by atoms with van der Waals surface area (Å²) in [4.78, 5) is 12.5. The van der Waals surface area contributed by atoms with Crippen LogP contribution < -0.4 is 4.72 Å². The number of aromatic hydroxyl groups is 1. The normalized spacial score (nSPS) is 13.4. The Balaban J connectivity index is 2.22. The molecule has 152 valence electrons. The summed E-state index contributed by atoms with van der Waals surface area (Å²) in [6.45, 7) is 8.71. The van der Waals surface area contributed by atoms with Crippen molar-refractivity contribution in [3.8, 4) is 16.9 Å². The second-order valence-electron chi connectivity index (χ2n) is 7.95. The number of benzene rings is 2. The SMILES string of the molecule is CC(C)[C@@H](NS(=O)(=O)c1ccc(-c2ccc(O)cc2)cc1)C(=O)OC(C)(C)C. The van der Waals surface area contributed by atoms with Crippen LogP contribution in [0.2, 0.25) is 0 Å². The summed E-state index contributed by atoms with van der Waals surface area (Å²) in [5.41, 5.74) is 0.955. The first-order valence-corrected chi connectivity index (χ1v) is 10.5. The van der Waals surface area contributed by atoms with Crippen LogP contribution >= 0.6 is 0 Å². The number of phenols is 1. The van der Waals surface area contributed by atoms with Gasteiger partial charge in [0.15, 0.2) is 0 Å². The van der Waals surface area contributed by atoms with Gasteiger partial charge in [0.2, 0.25) is 10.0 Å². The largest absolute Gasteiger partial charge is 0.508 e. The lowest BCUT2D eigenvalue weighted by molar-refractivity contribution is -0.158. The van der Waals surface area contributed by atoms with Crippen LogP contribution in [0.5, 0.6) is 5.75 Å². The Morgan fingerprint density at radius 2 is 1.43 bits per heavy atom. The highest BCUT2D eigenvalue weighted by atomic mass is 32.2. The summed E-state index contributed by atoms with van der Waals surface area (Å²) < 4.78 is 33.3. The number of phenolic OH excluding ortho intramolecular Hbond substituents is 1. The molecule has 0 saturated heterocycles. The number of esters is 1. The monoisotopic (exact) mass is 405 g/mol. The van der Waals surface area contributed by atoms with Crippen molar-refractivity contribution in [3.63, 3.8) is 0 Å². The van der Waals surface area contributed by atoms with Crippen LogP contribution in [0.15, 0.2) is 53.4 Å². The first-order valence-electron chi connectivity index (χ1n) is 9.04. The van der Waals surface area contributed by atoms with Gasteiger partial charge in [0.05, 0.1) is 4.90 Å². The maximum atomic E-state index is 12.8. The molecular formula is C21H27NO5S. The molecule has 0 bridgehead atoms. The first-order chi connectivity index (χ1) is 12.9. The van der Waals surface area contributed by atoms with Gasteiger partial charge in [0, 0.05) is 0 Å². The highest BCUT2D eigenvalue weighted by Crippen LogP contribution is 2.24. The van der Waals surface area contributed by atoms with Gasteiger partial charge in [-0.15, -0.1) is 0 Å². The number of nitrogens with one attached hydrogen (secondary N) is 1. The standard InChI is InChI=1S/C21H27NO5S/c1-14(2)19(20(24)27-21(3,4)5)22-28(25,26)18-12-8-16(9-13-18)15-6-10-17(23)11-7-15/h6-14,19,22-23H,1-5H3/t19-/m1/s1. The Kier molecular flexibility index (Phi) is 6.52. The molecular weight excluding hydrogens is 378 g/mol. The van der Waals surface area contributed by atoms with Crippen LogP contribution in [0.4, 0.5) is 0 Å². The number of sulfonamides is 1. The third-order valence-electron chi connectivity index (χ3n) is 3.97. The fourth-order valence-electron chi connectivity index (χ4n) is 2.54. The second kappa shape index (κ2) is 8.32. The van der Waals surface area contributed by atoms with E-state index in [0.29, 0.717) is 0 Å². The number of carbonyl (C=O) groups excluding carboxylic acids is 1. The van der Waals surface area contributed by atoms with Gasteiger partial charge in [0.25, 0.3) is 0 Å². The lowest BCUT2D eigenvalue weighted by atomic mass is 10.1. The lowest BCUT2D eigenvalue weighted by Gasteiger charge is -2.26.